The van der Waals surface area contributed by atoms with Crippen LogP contribution in [-0.2, 0) is 6.42 Å². The minimum atomic E-state index is -1.14. The lowest BCUT2D eigenvalue weighted by Gasteiger charge is -2.22. The molecule has 0 radical (unpaired) electrons. The summed E-state index contributed by atoms with van der Waals surface area (Å²) >= 11 is 0. The monoisotopic (exact) mass is 248 g/mol. The zero-order valence-corrected chi connectivity index (χ0v) is 9.76. The van der Waals surface area contributed by atoms with Gasteiger partial charge in [0, 0.05) is 0 Å². The van der Waals surface area contributed by atoms with Gasteiger partial charge in [0.15, 0.2) is 0 Å². The summed E-state index contributed by atoms with van der Waals surface area (Å²) in [5, 5.41) is 18.7. The molecule has 18 heavy (non-hydrogen) atoms. The van der Waals surface area contributed by atoms with Crippen LogP contribution < -0.4 is 9.39 Å². The van der Waals surface area contributed by atoms with Crippen molar-refractivity contribution in [2.45, 2.75) is 12.7 Å². The van der Waals surface area contributed by atoms with E-state index in [4.69, 9.17) is 9.39 Å². The van der Waals surface area contributed by atoms with Gasteiger partial charge in [0.1, 0.15) is 23.7 Å². The molecule has 5 nitrogen and oxygen atoms in total. The third kappa shape index (κ3) is 2.33. The van der Waals surface area contributed by atoms with E-state index in [1.807, 2.05) is 0 Å². The first kappa shape index (κ1) is 12.5. The van der Waals surface area contributed by atoms with Crippen molar-refractivity contribution in [2.24, 2.45) is 0 Å². The zero-order valence-electron chi connectivity index (χ0n) is 9.76. The van der Waals surface area contributed by atoms with E-state index in [-0.39, 0.29) is 23.7 Å². The Morgan fingerprint density at radius 3 is 3.06 bits per heavy atom. The Labute approximate surface area is 105 Å². The zero-order chi connectivity index (χ0) is 13.1. The summed E-state index contributed by atoms with van der Waals surface area (Å²) in [5.74, 6) is -0.724. The van der Waals surface area contributed by atoms with Gasteiger partial charge in [0.2, 0.25) is 0 Å². The fourth-order valence-corrected chi connectivity index (χ4v) is 1.88. The number of carbonyl (C=O) groups is 1. The highest BCUT2D eigenvalue weighted by molar-refractivity contribution is 6.44. The standard InChI is InChI=1S/C12H13BO5/c1-2-7-17-9-4-3-8-5-6-13(16)18-11(8)10(9)12(14)15/h2-4,16H,1,5-7H2,(H,14,15). The van der Waals surface area contributed by atoms with Crippen molar-refractivity contribution in [1.82, 2.24) is 0 Å². The van der Waals surface area contributed by atoms with Crippen LogP contribution in [0.2, 0.25) is 6.32 Å². The number of aryl methyl sites for hydroxylation is 1. The largest absolute Gasteiger partial charge is 0.535 e. The lowest BCUT2D eigenvalue weighted by molar-refractivity contribution is 0.0690. The van der Waals surface area contributed by atoms with Crippen molar-refractivity contribution in [1.29, 1.82) is 0 Å². The number of aromatic carboxylic acids is 1. The minimum Gasteiger partial charge on any atom is -0.535 e. The van der Waals surface area contributed by atoms with Crippen LogP contribution in [0.4, 0.5) is 0 Å². The molecule has 0 aliphatic carbocycles. The molecular formula is C12H13BO5. The molecule has 0 fully saturated rings. The smallest absolute Gasteiger partial charge is 0.522 e. The van der Waals surface area contributed by atoms with E-state index < -0.39 is 13.1 Å². The maximum atomic E-state index is 11.3. The van der Waals surface area contributed by atoms with Gasteiger partial charge in [0.25, 0.3) is 0 Å². The Bertz CT molecular complexity index is 486. The average Bonchev–Trinajstić information content (AvgIpc) is 2.34. The maximum absolute atomic E-state index is 11.3. The molecule has 1 heterocycles. The molecule has 0 bridgehead atoms. The normalized spacial score (nSPS) is 13.5. The molecule has 0 saturated carbocycles. The SMILES string of the molecule is C=CCOc1ccc2c(c1C(=O)O)OB(O)CC2. The average molecular weight is 248 g/mol. The second-order valence-electron chi connectivity index (χ2n) is 3.94. The molecule has 0 spiro atoms. The number of ether oxygens (including phenoxy) is 1. The summed E-state index contributed by atoms with van der Waals surface area (Å²) in [5.41, 5.74) is 0.719. The van der Waals surface area contributed by atoms with Crippen LogP contribution in [0.1, 0.15) is 15.9 Å². The van der Waals surface area contributed by atoms with Gasteiger partial charge >= 0.3 is 13.1 Å². The van der Waals surface area contributed by atoms with Crippen molar-refractivity contribution in [3.63, 3.8) is 0 Å². The summed E-state index contributed by atoms with van der Waals surface area (Å²) in [6.45, 7) is 3.72. The van der Waals surface area contributed by atoms with Crippen molar-refractivity contribution < 1.29 is 24.3 Å². The van der Waals surface area contributed by atoms with E-state index in [2.05, 4.69) is 6.58 Å². The van der Waals surface area contributed by atoms with Crippen molar-refractivity contribution in [3.8, 4) is 11.5 Å². The molecule has 1 aliphatic heterocycles. The van der Waals surface area contributed by atoms with Crippen LogP contribution in [0.3, 0.4) is 0 Å². The summed E-state index contributed by atoms with van der Waals surface area (Å²) in [6, 6.07) is 3.36. The molecule has 1 aromatic rings. The van der Waals surface area contributed by atoms with E-state index >= 15 is 0 Å². The van der Waals surface area contributed by atoms with E-state index in [1.165, 1.54) is 6.08 Å². The highest BCUT2D eigenvalue weighted by Crippen LogP contribution is 2.36. The second-order valence-corrected chi connectivity index (χ2v) is 3.94. The molecule has 0 saturated heterocycles. The molecule has 6 heteroatoms. The highest BCUT2D eigenvalue weighted by Gasteiger charge is 2.29. The minimum absolute atomic E-state index is 0.0481. The number of fused-ring (bicyclic) bond motifs is 1. The van der Waals surface area contributed by atoms with Crippen LogP contribution in [0.25, 0.3) is 0 Å². The van der Waals surface area contributed by atoms with Crippen molar-refractivity contribution in [2.75, 3.05) is 6.61 Å². The third-order valence-electron chi connectivity index (χ3n) is 2.69. The van der Waals surface area contributed by atoms with Gasteiger partial charge < -0.3 is 19.5 Å². The highest BCUT2D eigenvalue weighted by atomic mass is 16.5. The van der Waals surface area contributed by atoms with Gasteiger partial charge in [0.05, 0.1) is 0 Å². The Balaban J connectivity index is 2.46. The van der Waals surface area contributed by atoms with Crippen LogP contribution in [0, 0.1) is 0 Å². The van der Waals surface area contributed by atoms with Gasteiger partial charge in [-0.3, -0.25) is 0 Å². The molecule has 0 aromatic heterocycles. The second kappa shape index (κ2) is 5.14. The maximum Gasteiger partial charge on any atom is 0.522 e. The molecule has 94 valence electrons. The molecule has 2 rings (SSSR count). The van der Waals surface area contributed by atoms with Gasteiger partial charge in [-0.2, -0.15) is 0 Å². The lowest BCUT2D eigenvalue weighted by atomic mass is 9.78. The van der Waals surface area contributed by atoms with E-state index in [9.17, 15) is 14.9 Å². The molecule has 1 aliphatic rings. The van der Waals surface area contributed by atoms with Crippen LogP contribution >= 0.6 is 0 Å². The fourth-order valence-electron chi connectivity index (χ4n) is 1.88. The fraction of sp³-hybridized carbons (Fsp3) is 0.250. The number of rotatable bonds is 4. The number of carboxylic acids is 1. The van der Waals surface area contributed by atoms with Gasteiger partial charge in [-0.05, 0) is 24.4 Å². The summed E-state index contributed by atoms with van der Waals surface area (Å²) < 4.78 is 10.5. The Hall–Kier alpha value is -1.95. The van der Waals surface area contributed by atoms with Crippen LogP contribution in [0.15, 0.2) is 24.8 Å². The van der Waals surface area contributed by atoms with E-state index in [0.717, 1.165) is 5.56 Å². The molecule has 0 atom stereocenters. The Morgan fingerprint density at radius 1 is 1.61 bits per heavy atom. The molecular weight excluding hydrogens is 235 g/mol. The lowest BCUT2D eigenvalue weighted by Crippen LogP contribution is -2.28. The number of hydrogen-bond donors (Lipinski definition) is 2. The van der Waals surface area contributed by atoms with E-state index in [0.29, 0.717) is 12.7 Å². The molecule has 0 unspecified atom stereocenters. The van der Waals surface area contributed by atoms with E-state index in [1.54, 1.807) is 12.1 Å². The van der Waals surface area contributed by atoms with Crippen LogP contribution in [0.5, 0.6) is 11.5 Å². The van der Waals surface area contributed by atoms with Gasteiger partial charge in [-0.15, -0.1) is 0 Å². The third-order valence-corrected chi connectivity index (χ3v) is 2.69. The van der Waals surface area contributed by atoms with Gasteiger partial charge in [-0.25, -0.2) is 4.79 Å². The Kier molecular flexibility index (Phi) is 3.57. The quantitative estimate of drug-likeness (QED) is 0.621. The summed E-state index contributed by atoms with van der Waals surface area (Å²) in [6.07, 6.45) is 2.57. The van der Waals surface area contributed by atoms with Crippen molar-refractivity contribution in [3.05, 3.63) is 35.9 Å². The molecule has 1 aromatic carbocycles. The summed E-state index contributed by atoms with van der Waals surface area (Å²) in [7, 11) is -0.967. The molecule has 2 N–H and O–H groups in total. The van der Waals surface area contributed by atoms with Crippen LogP contribution in [-0.4, -0.2) is 29.8 Å². The predicted molar refractivity (Wildman–Crippen MR) is 66.2 cm³/mol. The summed E-state index contributed by atoms with van der Waals surface area (Å²) in [4.78, 5) is 11.3. The van der Waals surface area contributed by atoms with Crippen molar-refractivity contribution >= 4 is 13.1 Å². The first-order chi connectivity index (χ1) is 8.63. The number of carboxylic acid groups (broad SMARTS) is 1. The number of benzene rings is 1. The molecule has 0 amide bonds. The Morgan fingerprint density at radius 2 is 2.39 bits per heavy atom. The number of hydrogen-bond acceptors (Lipinski definition) is 4. The van der Waals surface area contributed by atoms with Gasteiger partial charge in [-0.1, -0.05) is 18.7 Å². The topological polar surface area (TPSA) is 76.0 Å². The first-order valence-corrected chi connectivity index (χ1v) is 5.61. The first-order valence-electron chi connectivity index (χ1n) is 5.61. The predicted octanol–water partition coefficient (Wildman–Crippen LogP) is 1.36.